The summed E-state index contributed by atoms with van der Waals surface area (Å²) in [6.07, 6.45) is 0. The molecule has 1 aromatic rings. The lowest BCUT2D eigenvalue weighted by Gasteiger charge is -2.02. The first kappa shape index (κ1) is 8.10. The Bertz CT molecular complexity index is 343. The van der Waals surface area contributed by atoms with E-state index in [9.17, 15) is 0 Å². The van der Waals surface area contributed by atoms with Crippen LogP contribution in [0.3, 0.4) is 0 Å². The lowest BCUT2D eigenvalue weighted by Crippen LogP contribution is -1.97. The highest BCUT2D eigenvalue weighted by Crippen LogP contribution is 2.20. The van der Waals surface area contributed by atoms with Crippen LogP contribution in [0.25, 0.3) is 0 Å². The smallest absolute Gasteiger partial charge is 0.160 e. The maximum absolute atomic E-state index is 8.58. The van der Waals surface area contributed by atoms with Crippen LogP contribution in [0.1, 0.15) is 11.5 Å². The Morgan fingerprint density at radius 1 is 1.17 bits per heavy atom. The summed E-state index contributed by atoms with van der Waals surface area (Å²) in [5.41, 5.74) is 6.65. The molecule has 3 heteroatoms. The van der Waals surface area contributed by atoms with Crippen LogP contribution in [-0.4, -0.2) is 0 Å². The van der Waals surface area contributed by atoms with Crippen molar-refractivity contribution in [1.82, 2.24) is 0 Å². The Kier molecular flexibility index (Phi) is 2.30. The highest BCUT2D eigenvalue weighted by Gasteiger charge is 2.10. The minimum absolute atomic E-state index is 0.491. The fraction of sp³-hybridized carbons (Fsp3) is 0.111. The fourth-order valence-corrected chi connectivity index (χ4v) is 0.942. The molecule has 58 valence electrons. The Morgan fingerprint density at radius 3 is 2.25 bits per heavy atom. The Balaban J connectivity index is 3.13. The standard InChI is InChI=1S/C9H7N3/c10-5-7(6-11)8-3-1-2-4-9(8)12/h1-4,7H,12H2. The molecule has 0 fully saturated rings. The van der Waals surface area contributed by atoms with Gasteiger partial charge in [-0.15, -0.1) is 0 Å². The van der Waals surface area contributed by atoms with Crippen LogP contribution in [0.15, 0.2) is 24.3 Å². The summed E-state index contributed by atoms with van der Waals surface area (Å²) in [4.78, 5) is 0. The molecule has 0 amide bonds. The molecule has 1 aromatic carbocycles. The molecule has 0 saturated heterocycles. The van der Waals surface area contributed by atoms with Crippen molar-refractivity contribution in [2.75, 3.05) is 5.73 Å². The van der Waals surface area contributed by atoms with E-state index < -0.39 is 5.92 Å². The number of nitrogens with zero attached hydrogens (tertiary/aromatic N) is 2. The highest BCUT2D eigenvalue weighted by atomic mass is 14.6. The van der Waals surface area contributed by atoms with Gasteiger partial charge in [-0.1, -0.05) is 18.2 Å². The van der Waals surface area contributed by atoms with Gasteiger partial charge in [-0.2, -0.15) is 10.5 Å². The van der Waals surface area contributed by atoms with E-state index >= 15 is 0 Å². The van der Waals surface area contributed by atoms with E-state index in [2.05, 4.69) is 0 Å². The van der Waals surface area contributed by atoms with Crippen molar-refractivity contribution in [1.29, 1.82) is 10.5 Å². The summed E-state index contributed by atoms with van der Waals surface area (Å²) in [7, 11) is 0. The maximum Gasteiger partial charge on any atom is 0.160 e. The third kappa shape index (κ3) is 1.36. The Labute approximate surface area is 70.7 Å². The van der Waals surface area contributed by atoms with E-state index in [1.807, 2.05) is 12.1 Å². The Morgan fingerprint density at radius 2 is 1.75 bits per heavy atom. The van der Waals surface area contributed by atoms with Crippen molar-refractivity contribution in [2.24, 2.45) is 0 Å². The van der Waals surface area contributed by atoms with Crippen LogP contribution in [-0.2, 0) is 0 Å². The first-order valence-electron chi connectivity index (χ1n) is 3.43. The van der Waals surface area contributed by atoms with E-state index in [0.717, 1.165) is 0 Å². The van der Waals surface area contributed by atoms with Crippen LogP contribution in [0, 0.1) is 22.7 Å². The number of benzene rings is 1. The summed E-state index contributed by atoms with van der Waals surface area (Å²) in [6, 6.07) is 10.6. The summed E-state index contributed by atoms with van der Waals surface area (Å²) in [5.74, 6) is -0.758. The number of anilines is 1. The minimum atomic E-state index is -0.758. The van der Waals surface area contributed by atoms with Gasteiger partial charge < -0.3 is 5.73 Å². The molecule has 0 aliphatic heterocycles. The van der Waals surface area contributed by atoms with E-state index in [1.165, 1.54) is 0 Å². The lowest BCUT2D eigenvalue weighted by molar-refractivity contribution is 1.11. The van der Waals surface area contributed by atoms with Crippen molar-refractivity contribution >= 4 is 5.69 Å². The molecule has 0 unspecified atom stereocenters. The summed E-state index contributed by atoms with van der Waals surface area (Å²) < 4.78 is 0. The molecule has 2 N–H and O–H groups in total. The number of hydrogen-bond donors (Lipinski definition) is 1. The Hall–Kier alpha value is -2.00. The van der Waals surface area contributed by atoms with Crippen LogP contribution >= 0.6 is 0 Å². The van der Waals surface area contributed by atoms with Gasteiger partial charge in [0, 0.05) is 11.3 Å². The number of nitriles is 2. The van der Waals surface area contributed by atoms with Crippen molar-refractivity contribution < 1.29 is 0 Å². The SMILES string of the molecule is N#CC(C#N)c1ccccc1N. The fourth-order valence-electron chi connectivity index (χ4n) is 0.942. The van der Waals surface area contributed by atoms with E-state index in [1.54, 1.807) is 24.3 Å². The van der Waals surface area contributed by atoms with Crippen LogP contribution in [0.5, 0.6) is 0 Å². The number of nitrogen functional groups attached to an aromatic ring is 1. The number of hydrogen-bond acceptors (Lipinski definition) is 3. The number of rotatable bonds is 1. The molecule has 0 aliphatic rings. The normalized spacial score (nSPS) is 8.92. The molecule has 0 atom stereocenters. The average molecular weight is 157 g/mol. The molecule has 0 spiro atoms. The second kappa shape index (κ2) is 3.41. The monoisotopic (exact) mass is 157 g/mol. The van der Waals surface area contributed by atoms with Crippen LogP contribution in [0.2, 0.25) is 0 Å². The van der Waals surface area contributed by atoms with E-state index in [4.69, 9.17) is 16.3 Å². The van der Waals surface area contributed by atoms with Gasteiger partial charge >= 0.3 is 0 Å². The summed E-state index contributed by atoms with van der Waals surface area (Å²) >= 11 is 0. The summed E-state index contributed by atoms with van der Waals surface area (Å²) in [5, 5.41) is 17.2. The lowest BCUT2D eigenvalue weighted by atomic mass is 10.0. The predicted octanol–water partition coefficient (Wildman–Crippen LogP) is 1.40. The van der Waals surface area contributed by atoms with Gasteiger partial charge in [0.1, 0.15) is 0 Å². The van der Waals surface area contributed by atoms with Crippen molar-refractivity contribution in [3.63, 3.8) is 0 Å². The van der Waals surface area contributed by atoms with Gasteiger partial charge in [-0.05, 0) is 6.07 Å². The number of para-hydroxylation sites is 1. The van der Waals surface area contributed by atoms with E-state index in [-0.39, 0.29) is 0 Å². The van der Waals surface area contributed by atoms with E-state index in [0.29, 0.717) is 11.3 Å². The zero-order chi connectivity index (χ0) is 8.97. The average Bonchev–Trinajstić information content (AvgIpc) is 2.10. The number of nitrogens with two attached hydrogens (primary N) is 1. The minimum Gasteiger partial charge on any atom is -0.398 e. The van der Waals surface area contributed by atoms with Gasteiger partial charge in [0.05, 0.1) is 12.1 Å². The van der Waals surface area contributed by atoms with Crippen molar-refractivity contribution in [3.8, 4) is 12.1 Å². The highest BCUT2D eigenvalue weighted by molar-refractivity contribution is 5.52. The third-order valence-electron chi connectivity index (χ3n) is 1.57. The molecule has 0 bridgehead atoms. The van der Waals surface area contributed by atoms with Crippen molar-refractivity contribution in [3.05, 3.63) is 29.8 Å². The molecule has 1 rings (SSSR count). The quantitative estimate of drug-likeness (QED) is 0.626. The molecular formula is C9H7N3. The predicted molar refractivity (Wildman–Crippen MR) is 44.8 cm³/mol. The van der Waals surface area contributed by atoms with Gasteiger partial charge in [0.15, 0.2) is 5.92 Å². The first-order valence-corrected chi connectivity index (χ1v) is 3.43. The topological polar surface area (TPSA) is 73.6 Å². The second-order valence-corrected chi connectivity index (χ2v) is 2.32. The first-order chi connectivity index (χ1) is 5.79. The van der Waals surface area contributed by atoms with Gasteiger partial charge in [0.2, 0.25) is 0 Å². The molecule has 0 aromatic heterocycles. The maximum atomic E-state index is 8.58. The third-order valence-corrected chi connectivity index (χ3v) is 1.57. The van der Waals surface area contributed by atoms with Gasteiger partial charge in [-0.25, -0.2) is 0 Å². The molecule has 0 radical (unpaired) electrons. The molecular weight excluding hydrogens is 150 g/mol. The van der Waals surface area contributed by atoms with Crippen LogP contribution in [0.4, 0.5) is 5.69 Å². The molecule has 0 heterocycles. The molecule has 3 nitrogen and oxygen atoms in total. The molecule has 0 aliphatic carbocycles. The molecule has 12 heavy (non-hydrogen) atoms. The van der Waals surface area contributed by atoms with Crippen LogP contribution < -0.4 is 5.73 Å². The van der Waals surface area contributed by atoms with Crippen molar-refractivity contribution in [2.45, 2.75) is 5.92 Å². The zero-order valence-corrected chi connectivity index (χ0v) is 6.36. The largest absolute Gasteiger partial charge is 0.398 e. The van der Waals surface area contributed by atoms with Gasteiger partial charge in [0.25, 0.3) is 0 Å². The second-order valence-electron chi connectivity index (χ2n) is 2.32. The molecule has 0 saturated carbocycles. The van der Waals surface area contributed by atoms with Gasteiger partial charge in [-0.3, -0.25) is 0 Å². The zero-order valence-electron chi connectivity index (χ0n) is 6.36. The summed E-state index contributed by atoms with van der Waals surface area (Å²) in [6.45, 7) is 0.